The van der Waals surface area contributed by atoms with Gasteiger partial charge in [-0.2, -0.15) is 0 Å². The van der Waals surface area contributed by atoms with Gasteiger partial charge in [-0.05, 0) is 43.4 Å². The van der Waals surface area contributed by atoms with Gasteiger partial charge in [-0.25, -0.2) is 4.79 Å². The average Bonchev–Trinajstić information content (AvgIpc) is 2.67. The molecular formula is C23H26O4. The Morgan fingerprint density at radius 3 is 2.52 bits per heavy atom. The van der Waals surface area contributed by atoms with Crippen LogP contribution in [0.25, 0.3) is 6.08 Å². The molecule has 1 N–H and O–H groups in total. The minimum absolute atomic E-state index is 0.0955. The quantitative estimate of drug-likeness (QED) is 0.530. The molecule has 0 aromatic heterocycles. The van der Waals surface area contributed by atoms with Crippen LogP contribution in [0.3, 0.4) is 0 Å². The molecule has 0 aliphatic heterocycles. The van der Waals surface area contributed by atoms with Crippen molar-refractivity contribution in [2.45, 2.75) is 26.2 Å². The molecule has 0 bridgehead atoms. The van der Waals surface area contributed by atoms with Crippen molar-refractivity contribution in [2.75, 3.05) is 14.2 Å². The molecule has 0 atom stereocenters. The first-order valence-corrected chi connectivity index (χ1v) is 8.83. The molecule has 4 nitrogen and oxygen atoms in total. The van der Waals surface area contributed by atoms with Crippen LogP contribution in [0, 0.1) is 0 Å². The maximum Gasteiger partial charge on any atom is 0.342 e. The van der Waals surface area contributed by atoms with Gasteiger partial charge in [-0.1, -0.05) is 48.1 Å². The van der Waals surface area contributed by atoms with Gasteiger partial charge in [0.2, 0.25) is 0 Å². The number of esters is 1. The van der Waals surface area contributed by atoms with E-state index in [2.05, 4.69) is 6.58 Å². The highest BCUT2D eigenvalue weighted by Crippen LogP contribution is 2.37. The average molecular weight is 366 g/mol. The standard InChI is InChI=1S/C23H26O4/c1-16(2)13-14-19-20(26-3)15-18(21(22(19)24)23(25)27-4)12-8-11-17-9-6-5-7-10-17/h5-10,12,15,24H,1,11,13-14H2,2-4H3/b12-8+. The predicted octanol–water partition coefficient (Wildman–Crippen LogP) is 4.95. The topological polar surface area (TPSA) is 55.8 Å². The second-order valence-electron chi connectivity index (χ2n) is 6.41. The van der Waals surface area contributed by atoms with Gasteiger partial charge in [-0.3, -0.25) is 0 Å². The lowest BCUT2D eigenvalue weighted by Gasteiger charge is -2.16. The van der Waals surface area contributed by atoms with Crippen LogP contribution < -0.4 is 4.74 Å². The van der Waals surface area contributed by atoms with Crippen molar-refractivity contribution in [3.05, 3.63) is 76.9 Å². The Balaban J connectivity index is 2.43. The van der Waals surface area contributed by atoms with E-state index in [1.54, 1.807) is 13.2 Å². The fraction of sp³-hybridized carbons (Fsp3) is 0.261. The van der Waals surface area contributed by atoms with Gasteiger partial charge in [0, 0.05) is 5.56 Å². The Hall–Kier alpha value is -3.01. The molecule has 4 heteroatoms. The molecule has 0 aliphatic rings. The largest absolute Gasteiger partial charge is 0.507 e. The third-order valence-corrected chi connectivity index (χ3v) is 4.30. The van der Waals surface area contributed by atoms with Crippen molar-refractivity contribution >= 4 is 12.0 Å². The summed E-state index contributed by atoms with van der Waals surface area (Å²) in [6.45, 7) is 5.81. The van der Waals surface area contributed by atoms with E-state index in [0.29, 0.717) is 36.1 Å². The molecule has 0 spiro atoms. The summed E-state index contributed by atoms with van der Waals surface area (Å²) in [4.78, 5) is 12.3. The van der Waals surface area contributed by atoms with Crippen LogP contribution in [-0.2, 0) is 17.6 Å². The smallest absolute Gasteiger partial charge is 0.342 e. The number of allylic oxidation sites excluding steroid dienone is 2. The molecule has 2 aromatic carbocycles. The van der Waals surface area contributed by atoms with Gasteiger partial charge in [0.15, 0.2) is 0 Å². The Morgan fingerprint density at radius 2 is 1.93 bits per heavy atom. The van der Waals surface area contributed by atoms with Crippen molar-refractivity contribution in [2.24, 2.45) is 0 Å². The number of carbonyl (C=O) groups excluding carboxylic acids is 1. The molecule has 2 aromatic rings. The second-order valence-corrected chi connectivity index (χ2v) is 6.41. The maximum absolute atomic E-state index is 12.3. The summed E-state index contributed by atoms with van der Waals surface area (Å²) >= 11 is 0. The van der Waals surface area contributed by atoms with Crippen LogP contribution in [0.4, 0.5) is 0 Å². The molecular weight excluding hydrogens is 340 g/mol. The first kappa shape index (κ1) is 20.3. The second kappa shape index (κ2) is 9.62. The number of carbonyl (C=O) groups is 1. The third kappa shape index (κ3) is 5.23. The highest BCUT2D eigenvalue weighted by Gasteiger charge is 2.22. The van der Waals surface area contributed by atoms with Crippen molar-refractivity contribution in [3.63, 3.8) is 0 Å². The molecule has 0 unspecified atom stereocenters. The number of phenols is 1. The lowest BCUT2D eigenvalue weighted by molar-refractivity contribution is 0.0597. The molecule has 0 heterocycles. The van der Waals surface area contributed by atoms with Gasteiger partial charge in [0.25, 0.3) is 0 Å². The fourth-order valence-corrected chi connectivity index (χ4v) is 2.85. The van der Waals surface area contributed by atoms with Crippen LogP contribution in [0.5, 0.6) is 11.5 Å². The van der Waals surface area contributed by atoms with Crippen LogP contribution in [0.15, 0.2) is 54.6 Å². The fourth-order valence-electron chi connectivity index (χ4n) is 2.85. The minimum atomic E-state index is -0.578. The lowest BCUT2D eigenvalue weighted by atomic mass is 9.96. The lowest BCUT2D eigenvalue weighted by Crippen LogP contribution is -2.07. The summed E-state index contributed by atoms with van der Waals surface area (Å²) in [7, 11) is 2.85. The maximum atomic E-state index is 12.3. The number of aromatic hydroxyl groups is 1. The zero-order valence-electron chi connectivity index (χ0n) is 16.1. The van der Waals surface area contributed by atoms with Crippen LogP contribution in [-0.4, -0.2) is 25.3 Å². The van der Waals surface area contributed by atoms with E-state index in [1.807, 2.05) is 49.4 Å². The SMILES string of the molecule is C=C(C)CCc1c(OC)cc(/C=C/Cc2ccccc2)c(C(=O)OC)c1O. The zero-order valence-corrected chi connectivity index (χ0v) is 16.1. The van der Waals surface area contributed by atoms with E-state index in [0.717, 1.165) is 11.1 Å². The van der Waals surface area contributed by atoms with Gasteiger partial charge in [0.1, 0.15) is 17.1 Å². The van der Waals surface area contributed by atoms with Crippen molar-refractivity contribution in [3.8, 4) is 11.5 Å². The first-order chi connectivity index (χ1) is 13.0. The van der Waals surface area contributed by atoms with Gasteiger partial charge in [0.05, 0.1) is 14.2 Å². The van der Waals surface area contributed by atoms with E-state index in [1.165, 1.54) is 7.11 Å². The van der Waals surface area contributed by atoms with Crippen LogP contribution >= 0.6 is 0 Å². The van der Waals surface area contributed by atoms with Crippen molar-refractivity contribution in [1.29, 1.82) is 0 Å². The molecule has 142 valence electrons. The van der Waals surface area contributed by atoms with Gasteiger partial charge in [-0.15, -0.1) is 6.58 Å². The van der Waals surface area contributed by atoms with Gasteiger partial charge >= 0.3 is 5.97 Å². The molecule has 0 aliphatic carbocycles. The molecule has 0 amide bonds. The predicted molar refractivity (Wildman–Crippen MR) is 108 cm³/mol. The zero-order chi connectivity index (χ0) is 19.8. The van der Waals surface area contributed by atoms with E-state index >= 15 is 0 Å². The van der Waals surface area contributed by atoms with E-state index in [4.69, 9.17) is 9.47 Å². The number of phenolic OH excluding ortho intramolecular Hbond substituents is 1. The van der Waals surface area contributed by atoms with Crippen LogP contribution in [0.2, 0.25) is 0 Å². The van der Waals surface area contributed by atoms with E-state index in [-0.39, 0.29) is 11.3 Å². The first-order valence-electron chi connectivity index (χ1n) is 8.83. The Bertz CT molecular complexity index is 835. The minimum Gasteiger partial charge on any atom is -0.507 e. The Kier molecular flexibility index (Phi) is 7.24. The number of hydrogen-bond acceptors (Lipinski definition) is 4. The van der Waals surface area contributed by atoms with Gasteiger partial charge < -0.3 is 14.6 Å². The molecule has 2 rings (SSSR count). The highest BCUT2D eigenvalue weighted by molar-refractivity contribution is 5.97. The number of methoxy groups -OCH3 is 2. The summed E-state index contributed by atoms with van der Waals surface area (Å²) < 4.78 is 10.3. The summed E-state index contributed by atoms with van der Waals surface area (Å²) in [5.74, 6) is -0.131. The summed E-state index contributed by atoms with van der Waals surface area (Å²) in [5.41, 5.74) is 3.44. The highest BCUT2D eigenvalue weighted by atomic mass is 16.5. The Morgan fingerprint density at radius 1 is 1.22 bits per heavy atom. The number of hydrogen-bond donors (Lipinski definition) is 1. The summed E-state index contributed by atoms with van der Waals surface area (Å²) in [6, 6.07) is 11.8. The molecule has 0 fully saturated rings. The third-order valence-electron chi connectivity index (χ3n) is 4.30. The molecule has 0 saturated carbocycles. The van der Waals surface area contributed by atoms with Crippen molar-refractivity contribution in [1.82, 2.24) is 0 Å². The summed E-state index contributed by atoms with van der Waals surface area (Å²) in [5, 5.41) is 10.8. The molecule has 0 radical (unpaired) electrons. The monoisotopic (exact) mass is 366 g/mol. The normalized spacial score (nSPS) is 10.8. The van der Waals surface area contributed by atoms with E-state index in [9.17, 15) is 9.90 Å². The number of ether oxygens (including phenoxy) is 2. The number of benzene rings is 2. The van der Waals surface area contributed by atoms with E-state index < -0.39 is 5.97 Å². The molecule has 0 saturated heterocycles. The Labute approximate surface area is 160 Å². The summed E-state index contributed by atoms with van der Waals surface area (Å²) in [6.07, 6.45) is 5.69. The van der Waals surface area contributed by atoms with Crippen LogP contribution in [0.1, 0.15) is 40.4 Å². The number of rotatable bonds is 8. The molecule has 27 heavy (non-hydrogen) atoms. The van der Waals surface area contributed by atoms with Crippen molar-refractivity contribution < 1.29 is 19.4 Å².